The van der Waals surface area contributed by atoms with Crippen LogP contribution in [-0.4, -0.2) is 24.5 Å². The number of rotatable bonds is 2. The molecule has 0 bridgehead atoms. The van der Waals surface area contributed by atoms with Crippen LogP contribution >= 0.6 is 0 Å². The zero-order chi connectivity index (χ0) is 7.98. The van der Waals surface area contributed by atoms with Crippen LogP contribution in [0.2, 0.25) is 0 Å². The van der Waals surface area contributed by atoms with Gasteiger partial charge in [-0.15, -0.1) is 5.92 Å². The molecule has 0 aromatic rings. The minimum atomic E-state index is 0.603. The second kappa shape index (κ2) is 5.32. The van der Waals surface area contributed by atoms with E-state index in [9.17, 15) is 0 Å². The van der Waals surface area contributed by atoms with Crippen LogP contribution in [0.3, 0.4) is 0 Å². The molecule has 0 radical (unpaired) electrons. The van der Waals surface area contributed by atoms with E-state index in [1.54, 1.807) is 0 Å². The lowest BCUT2D eigenvalue weighted by Crippen LogP contribution is -2.26. The van der Waals surface area contributed by atoms with Crippen LogP contribution < -0.4 is 0 Å². The van der Waals surface area contributed by atoms with Gasteiger partial charge in [-0.05, 0) is 20.9 Å². The van der Waals surface area contributed by atoms with Gasteiger partial charge in [-0.25, -0.2) is 0 Å². The summed E-state index contributed by atoms with van der Waals surface area (Å²) >= 11 is 0. The van der Waals surface area contributed by atoms with Crippen LogP contribution in [-0.2, 0) is 0 Å². The summed E-state index contributed by atoms with van der Waals surface area (Å²) in [6.45, 7) is 7.31. The molecule has 0 N–H and O–H groups in total. The molecular formula is C9H17N. The van der Waals surface area contributed by atoms with Gasteiger partial charge in [0.05, 0.1) is 6.54 Å². The molecule has 0 fully saturated rings. The summed E-state index contributed by atoms with van der Waals surface area (Å²) in [5, 5.41) is 0. The lowest BCUT2D eigenvalue weighted by atomic mass is 10.3. The molecule has 0 aromatic heterocycles. The monoisotopic (exact) mass is 139 g/mol. The highest BCUT2D eigenvalue weighted by molar-refractivity contribution is 5.00. The van der Waals surface area contributed by atoms with Crippen LogP contribution in [0.25, 0.3) is 0 Å². The van der Waals surface area contributed by atoms with Gasteiger partial charge in [0.2, 0.25) is 0 Å². The molecule has 10 heavy (non-hydrogen) atoms. The molecule has 0 aliphatic carbocycles. The van der Waals surface area contributed by atoms with Crippen molar-refractivity contribution in [3.63, 3.8) is 0 Å². The first-order valence-electron chi connectivity index (χ1n) is 3.84. The van der Waals surface area contributed by atoms with E-state index >= 15 is 0 Å². The van der Waals surface area contributed by atoms with Crippen molar-refractivity contribution in [1.29, 1.82) is 0 Å². The average molecular weight is 139 g/mol. The third-order valence-electron chi connectivity index (χ3n) is 1.51. The van der Waals surface area contributed by atoms with Gasteiger partial charge in [0.1, 0.15) is 0 Å². The van der Waals surface area contributed by atoms with Gasteiger partial charge in [0.15, 0.2) is 0 Å². The Bertz CT molecular complexity index is 127. The Balaban J connectivity index is 3.48. The zero-order valence-corrected chi connectivity index (χ0v) is 7.44. The van der Waals surface area contributed by atoms with E-state index in [1.165, 1.54) is 0 Å². The van der Waals surface area contributed by atoms with Gasteiger partial charge in [0, 0.05) is 12.5 Å². The van der Waals surface area contributed by atoms with E-state index in [0.717, 1.165) is 13.0 Å². The minimum absolute atomic E-state index is 0.603. The van der Waals surface area contributed by atoms with Crippen LogP contribution in [0.15, 0.2) is 0 Å². The molecule has 0 spiro atoms. The molecule has 0 unspecified atom stereocenters. The van der Waals surface area contributed by atoms with Crippen LogP contribution in [0.4, 0.5) is 0 Å². The fourth-order valence-electron chi connectivity index (χ4n) is 0.488. The van der Waals surface area contributed by atoms with Gasteiger partial charge >= 0.3 is 0 Å². The van der Waals surface area contributed by atoms with E-state index in [-0.39, 0.29) is 0 Å². The Labute approximate surface area is 64.4 Å². The zero-order valence-electron chi connectivity index (χ0n) is 7.44. The van der Waals surface area contributed by atoms with Crippen LogP contribution in [0.1, 0.15) is 27.2 Å². The fraction of sp³-hybridized carbons (Fsp3) is 0.778. The predicted octanol–water partition coefficient (Wildman–Crippen LogP) is 1.74. The number of hydrogen-bond acceptors (Lipinski definition) is 1. The summed E-state index contributed by atoms with van der Waals surface area (Å²) < 4.78 is 0. The summed E-state index contributed by atoms with van der Waals surface area (Å²) in [4.78, 5) is 2.22. The Hall–Kier alpha value is -0.480. The molecule has 0 aliphatic rings. The van der Waals surface area contributed by atoms with Crippen molar-refractivity contribution in [3.05, 3.63) is 0 Å². The predicted molar refractivity (Wildman–Crippen MR) is 45.8 cm³/mol. The molecule has 1 heteroatoms. The first-order chi connectivity index (χ1) is 4.68. The summed E-state index contributed by atoms with van der Waals surface area (Å²) in [7, 11) is 2.09. The van der Waals surface area contributed by atoms with Gasteiger partial charge < -0.3 is 0 Å². The maximum Gasteiger partial charge on any atom is 0.0601 e. The molecule has 0 aromatic carbocycles. The largest absolute Gasteiger partial charge is 0.293 e. The maximum absolute atomic E-state index is 3.09. The average Bonchev–Trinajstić information content (AvgIpc) is 1.88. The standard InChI is InChI=1S/C9H17N/c1-5-6-7-8-10(4)9(2)3/h9H,5,8H2,1-4H3. The highest BCUT2D eigenvalue weighted by Gasteiger charge is 1.97. The molecule has 0 rings (SSSR count). The fourth-order valence-corrected chi connectivity index (χ4v) is 0.488. The lowest BCUT2D eigenvalue weighted by molar-refractivity contribution is 0.307. The molecular weight excluding hydrogens is 122 g/mol. The smallest absolute Gasteiger partial charge is 0.0601 e. The molecule has 58 valence electrons. The second-order valence-corrected chi connectivity index (χ2v) is 2.72. The van der Waals surface area contributed by atoms with Crippen molar-refractivity contribution in [2.45, 2.75) is 33.2 Å². The third-order valence-corrected chi connectivity index (χ3v) is 1.51. The molecule has 0 atom stereocenters. The van der Waals surface area contributed by atoms with Crippen molar-refractivity contribution in [3.8, 4) is 11.8 Å². The Morgan fingerprint density at radius 1 is 1.30 bits per heavy atom. The maximum atomic E-state index is 3.09. The van der Waals surface area contributed by atoms with Crippen molar-refractivity contribution < 1.29 is 0 Å². The van der Waals surface area contributed by atoms with Crippen LogP contribution in [0, 0.1) is 11.8 Å². The van der Waals surface area contributed by atoms with Crippen LogP contribution in [0.5, 0.6) is 0 Å². The van der Waals surface area contributed by atoms with E-state index in [1.807, 2.05) is 0 Å². The topological polar surface area (TPSA) is 3.24 Å². The summed E-state index contributed by atoms with van der Waals surface area (Å²) in [5.74, 6) is 6.13. The first-order valence-corrected chi connectivity index (χ1v) is 3.84. The molecule has 0 heterocycles. The second-order valence-electron chi connectivity index (χ2n) is 2.72. The van der Waals surface area contributed by atoms with Gasteiger partial charge in [0.25, 0.3) is 0 Å². The van der Waals surface area contributed by atoms with E-state index < -0.39 is 0 Å². The lowest BCUT2D eigenvalue weighted by Gasteiger charge is -2.17. The molecule has 0 amide bonds. The molecule has 0 saturated carbocycles. The molecule has 1 nitrogen and oxygen atoms in total. The van der Waals surface area contributed by atoms with Crippen molar-refractivity contribution >= 4 is 0 Å². The van der Waals surface area contributed by atoms with Gasteiger partial charge in [-0.1, -0.05) is 12.8 Å². The minimum Gasteiger partial charge on any atom is -0.293 e. The quantitative estimate of drug-likeness (QED) is 0.527. The number of hydrogen-bond donors (Lipinski definition) is 0. The summed E-state index contributed by atoms with van der Waals surface area (Å²) in [6, 6.07) is 0.603. The van der Waals surface area contributed by atoms with E-state index in [2.05, 4.69) is 44.6 Å². The SMILES string of the molecule is CCC#CCN(C)C(C)C. The Morgan fingerprint density at radius 2 is 1.90 bits per heavy atom. The van der Waals surface area contributed by atoms with Crippen molar-refractivity contribution in [2.75, 3.05) is 13.6 Å². The summed E-state index contributed by atoms with van der Waals surface area (Å²) in [6.07, 6.45) is 0.964. The molecule has 0 aliphatic heterocycles. The van der Waals surface area contributed by atoms with Gasteiger partial charge in [-0.2, -0.15) is 0 Å². The third kappa shape index (κ3) is 4.40. The highest BCUT2D eigenvalue weighted by atomic mass is 15.1. The molecule has 0 saturated heterocycles. The normalized spacial score (nSPS) is 9.80. The number of nitrogens with zero attached hydrogens (tertiary/aromatic N) is 1. The van der Waals surface area contributed by atoms with E-state index in [0.29, 0.717) is 6.04 Å². The highest BCUT2D eigenvalue weighted by Crippen LogP contribution is 1.90. The Morgan fingerprint density at radius 3 is 2.30 bits per heavy atom. The van der Waals surface area contributed by atoms with Crippen molar-refractivity contribution in [1.82, 2.24) is 4.90 Å². The van der Waals surface area contributed by atoms with E-state index in [4.69, 9.17) is 0 Å². The summed E-state index contributed by atoms with van der Waals surface area (Å²) in [5.41, 5.74) is 0. The Kier molecular flexibility index (Phi) is 5.06. The first kappa shape index (κ1) is 9.52. The van der Waals surface area contributed by atoms with Crippen molar-refractivity contribution in [2.24, 2.45) is 0 Å². The van der Waals surface area contributed by atoms with Gasteiger partial charge in [-0.3, -0.25) is 4.90 Å².